The van der Waals surface area contributed by atoms with Gasteiger partial charge in [-0.2, -0.15) is 0 Å². The first-order chi connectivity index (χ1) is 22.1. The van der Waals surface area contributed by atoms with Crippen molar-refractivity contribution in [1.29, 1.82) is 0 Å². The monoisotopic (exact) mass is 615 g/mol. The number of nitrogens with one attached hydrogen (secondary N) is 1. The molecule has 0 bridgehead atoms. The minimum absolute atomic E-state index is 0.0184. The van der Waals surface area contributed by atoms with E-state index in [2.05, 4.69) is 34.3 Å². The third-order valence-corrected chi connectivity index (χ3v) is 8.80. The van der Waals surface area contributed by atoms with E-state index in [1.165, 1.54) is 50.5 Å². The van der Waals surface area contributed by atoms with Crippen LogP contribution in [0.25, 0.3) is 11.1 Å². The lowest BCUT2D eigenvalue weighted by atomic mass is 10.0. The van der Waals surface area contributed by atoms with Gasteiger partial charge in [0.25, 0.3) is 0 Å². The number of ether oxygens (including phenoxy) is 3. The quantitative estimate of drug-likeness (QED) is 0.145. The number of hydrogen-bond donors (Lipinski definition) is 1. The van der Waals surface area contributed by atoms with Crippen molar-refractivity contribution in [3.05, 3.63) is 78.4 Å². The van der Waals surface area contributed by atoms with Crippen molar-refractivity contribution in [1.82, 2.24) is 9.80 Å². The van der Waals surface area contributed by atoms with Crippen LogP contribution in [-0.4, -0.2) is 76.0 Å². The van der Waals surface area contributed by atoms with Gasteiger partial charge in [-0.3, -0.25) is 5.32 Å². The lowest BCUT2D eigenvalue weighted by Gasteiger charge is -2.31. The highest BCUT2D eigenvalue weighted by molar-refractivity contribution is 5.91. The van der Waals surface area contributed by atoms with Crippen molar-refractivity contribution in [2.24, 2.45) is 0 Å². The first-order valence-electron chi connectivity index (χ1n) is 16.8. The molecule has 1 saturated heterocycles. The summed E-state index contributed by atoms with van der Waals surface area (Å²) in [7, 11) is 5.58. The summed E-state index contributed by atoms with van der Waals surface area (Å²) in [6.45, 7) is 5.34. The number of likely N-dealkylation sites (N-methyl/N-ethyl adjacent to an activating group) is 1. The van der Waals surface area contributed by atoms with E-state index >= 15 is 0 Å². The van der Waals surface area contributed by atoms with Gasteiger partial charge in [-0.15, -0.1) is 0 Å². The predicted octanol–water partition coefficient (Wildman–Crippen LogP) is 8.29. The Labute approximate surface area is 270 Å². The summed E-state index contributed by atoms with van der Waals surface area (Å²) in [6.07, 6.45) is 11.5. The van der Waals surface area contributed by atoms with Gasteiger partial charge in [0.2, 0.25) is 0 Å². The second-order valence-electron chi connectivity index (χ2n) is 12.2. The molecule has 1 aliphatic rings. The number of carbonyl (C=O) groups excluding carboxylic acids is 1. The lowest BCUT2D eigenvalue weighted by molar-refractivity contribution is 0.0584. The largest absolute Gasteiger partial charge is 0.493 e. The zero-order valence-electron chi connectivity index (χ0n) is 27.6. The van der Waals surface area contributed by atoms with Crippen molar-refractivity contribution in [3.63, 3.8) is 0 Å². The number of hydrogen-bond acceptors (Lipinski definition) is 6. The van der Waals surface area contributed by atoms with Crippen LogP contribution in [0.3, 0.4) is 0 Å². The Morgan fingerprint density at radius 2 is 1.47 bits per heavy atom. The summed E-state index contributed by atoms with van der Waals surface area (Å²) in [4.78, 5) is 17.6. The van der Waals surface area contributed by atoms with Crippen LogP contribution in [0.4, 0.5) is 10.5 Å². The molecule has 1 N–H and O–H groups in total. The molecule has 0 saturated carbocycles. The molecule has 7 nitrogen and oxygen atoms in total. The number of amides is 1. The third-order valence-electron chi connectivity index (χ3n) is 8.80. The summed E-state index contributed by atoms with van der Waals surface area (Å²) in [5, 5.41) is 2.97. The average molecular weight is 616 g/mol. The Morgan fingerprint density at radius 1 is 0.800 bits per heavy atom. The van der Waals surface area contributed by atoms with Crippen LogP contribution in [0.1, 0.15) is 63.4 Å². The van der Waals surface area contributed by atoms with Gasteiger partial charge in [-0.25, -0.2) is 4.79 Å². The predicted molar refractivity (Wildman–Crippen MR) is 185 cm³/mol. The van der Waals surface area contributed by atoms with E-state index < -0.39 is 0 Å². The summed E-state index contributed by atoms with van der Waals surface area (Å²) in [6, 6.07) is 24.2. The highest BCUT2D eigenvalue weighted by atomic mass is 16.6. The fourth-order valence-corrected chi connectivity index (χ4v) is 6.07. The van der Waals surface area contributed by atoms with Crippen molar-refractivity contribution >= 4 is 11.8 Å². The molecule has 1 amide bonds. The second-order valence-corrected chi connectivity index (χ2v) is 12.2. The van der Waals surface area contributed by atoms with Gasteiger partial charge < -0.3 is 24.0 Å². The molecule has 0 aliphatic carbocycles. The minimum atomic E-state index is -0.363. The number of anilines is 1. The van der Waals surface area contributed by atoms with Crippen molar-refractivity contribution in [2.75, 3.05) is 59.3 Å². The molecular weight excluding hydrogens is 562 g/mol. The third kappa shape index (κ3) is 11.7. The Kier molecular flexibility index (Phi) is 14.5. The summed E-state index contributed by atoms with van der Waals surface area (Å²) < 4.78 is 16.6. The molecule has 1 aliphatic heterocycles. The number of carbonyl (C=O) groups is 1. The molecule has 0 aromatic heterocycles. The first kappa shape index (κ1) is 34.3. The smallest absolute Gasteiger partial charge is 0.411 e. The van der Waals surface area contributed by atoms with Crippen molar-refractivity contribution < 1.29 is 19.0 Å². The molecule has 3 aromatic carbocycles. The minimum Gasteiger partial charge on any atom is -0.493 e. The molecule has 3 aromatic rings. The number of piperidine rings is 1. The van der Waals surface area contributed by atoms with Crippen molar-refractivity contribution in [3.8, 4) is 22.6 Å². The Bertz CT molecular complexity index is 1280. The van der Waals surface area contributed by atoms with Crippen LogP contribution in [0.15, 0.2) is 72.8 Å². The van der Waals surface area contributed by atoms with E-state index in [4.69, 9.17) is 14.2 Å². The molecule has 4 rings (SSSR count). The van der Waals surface area contributed by atoms with Gasteiger partial charge in [0.1, 0.15) is 6.10 Å². The number of nitrogens with zero attached hydrogens (tertiary/aromatic N) is 2. The second kappa shape index (κ2) is 19.1. The molecule has 0 radical (unpaired) electrons. The average Bonchev–Trinajstić information content (AvgIpc) is 3.07. The Hall–Kier alpha value is -3.55. The van der Waals surface area contributed by atoms with Crippen LogP contribution in [0.5, 0.6) is 11.5 Å². The Morgan fingerprint density at radius 3 is 2.20 bits per heavy atom. The number of likely N-dealkylation sites (tertiary alicyclic amines) is 1. The fourth-order valence-electron chi connectivity index (χ4n) is 6.07. The summed E-state index contributed by atoms with van der Waals surface area (Å²) in [5.41, 5.74) is 4.13. The molecular formula is C38H53N3O4. The summed E-state index contributed by atoms with van der Waals surface area (Å²) >= 11 is 0. The normalized spacial score (nSPS) is 14.0. The van der Waals surface area contributed by atoms with Gasteiger partial charge in [-0.05, 0) is 81.6 Å². The van der Waals surface area contributed by atoms with Crippen LogP contribution in [-0.2, 0) is 11.2 Å². The van der Waals surface area contributed by atoms with E-state index in [0.29, 0.717) is 0 Å². The van der Waals surface area contributed by atoms with Gasteiger partial charge >= 0.3 is 6.09 Å². The zero-order chi connectivity index (χ0) is 31.7. The van der Waals surface area contributed by atoms with Gasteiger partial charge in [0, 0.05) is 25.2 Å². The number of para-hydroxylation sites is 1. The maximum atomic E-state index is 12.7. The van der Waals surface area contributed by atoms with E-state index in [1.807, 2.05) is 60.7 Å². The standard InChI is InChI=1S/C38H53N3O4/c1-40(27-22-31-20-21-36(43-2)37(30-31)44-3)25-14-7-5-4-6-8-15-26-41-28-23-33(24-29-41)45-38(42)39-35-19-13-12-18-34(35)32-16-10-9-11-17-32/h9-13,16-21,30,33H,4-8,14-15,22-29H2,1-3H3,(H,39,42). The maximum absolute atomic E-state index is 12.7. The molecule has 45 heavy (non-hydrogen) atoms. The van der Waals surface area contributed by atoms with Crippen LogP contribution in [0.2, 0.25) is 0 Å². The van der Waals surface area contributed by atoms with Gasteiger partial charge in [-0.1, -0.05) is 86.7 Å². The lowest BCUT2D eigenvalue weighted by Crippen LogP contribution is -2.38. The van der Waals surface area contributed by atoms with Crippen molar-refractivity contribution in [2.45, 2.75) is 70.3 Å². The first-order valence-corrected chi connectivity index (χ1v) is 16.8. The molecule has 0 unspecified atom stereocenters. The number of methoxy groups -OCH3 is 2. The van der Waals surface area contributed by atoms with Gasteiger partial charge in [0.15, 0.2) is 11.5 Å². The highest BCUT2D eigenvalue weighted by Crippen LogP contribution is 2.29. The molecule has 0 spiro atoms. The Balaban J connectivity index is 0.992. The molecule has 244 valence electrons. The van der Waals surface area contributed by atoms with E-state index in [9.17, 15) is 4.79 Å². The number of rotatable bonds is 18. The molecule has 1 heterocycles. The zero-order valence-corrected chi connectivity index (χ0v) is 27.6. The fraction of sp³-hybridized carbons (Fsp3) is 0.500. The SMILES string of the molecule is COc1ccc(CCN(C)CCCCCCCCCN2CCC(OC(=O)Nc3ccccc3-c3ccccc3)CC2)cc1OC. The molecule has 0 atom stereocenters. The highest BCUT2D eigenvalue weighted by Gasteiger charge is 2.22. The number of unbranched alkanes of at least 4 members (excludes halogenated alkanes) is 6. The van der Waals surface area contributed by atoms with E-state index in [1.54, 1.807) is 14.2 Å². The van der Waals surface area contributed by atoms with Crippen LogP contribution in [0, 0.1) is 0 Å². The maximum Gasteiger partial charge on any atom is 0.411 e. The van der Waals surface area contributed by atoms with E-state index in [-0.39, 0.29) is 12.2 Å². The van der Waals surface area contributed by atoms with Crippen LogP contribution < -0.4 is 14.8 Å². The summed E-state index contributed by atoms with van der Waals surface area (Å²) in [5.74, 6) is 1.58. The van der Waals surface area contributed by atoms with Gasteiger partial charge in [0.05, 0.1) is 19.9 Å². The number of benzene rings is 3. The molecule has 1 fully saturated rings. The van der Waals surface area contributed by atoms with Crippen LogP contribution >= 0.6 is 0 Å². The molecule has 7 heteroatoms. The van der Waals surface area contributed by atoms with E-state index in [0.717, 1.165) is 80.3 Å². The topological polar surface area (TPSA) is 63.3 Å².